The molecular weight excluding hydrogens is 482 g/mol. The largest absolute Gasteiger partial charge is 0.462 e. The Hall–Kier alpha value is -3.37. The molecule has 0 radical (unpaired) electrons. The van der Waals surface area contributed by atoms with Crippen LogP contribution in [0.3, 0.4) is 0 Å². The maximum Gasteiger partial charge on any atom is 0.341 e. The van der Waals surface area contributed by atoms with E-state index in [0.717, 1.165) is 22.6 Å². The minimum atomic E-state index is -0.452. The number of ether oxygens (including phenoxy) is 1. The molecule has 8 nitrogen and oxygen atoms in total. The Balaban J connectivity index is 1.47. The molecule has 1 aromatic carbocycles. The fraction of sp³-hybridized carbons (Fsp3) is 0.280. The van der Waals surface area contributed by atoms with Gasteiger partial charge in [-0.25, -0.2) is 4.79 Å². The van der Waals surface area contributed by atoms with Crippen molar-refractivity contribution in [3.8, 4) is 11.1 Å². The molecule has 0 saturated carbocycles. The predicted octanol–water partition coefficient (Wildman–Crippen LogP) is 4.86. The Morgan fingerprint density at radius 3 is 2.60 bits per heavy atom. The fourth-order valence-corrected chi connectivity index (χ4v) is 5.49. The van der Waals surface area contributed by atoms with Crippen molar-refractivity contribution < 1.29 is 14.3 Å². The average Bonchev–Trinajstić information content (AvgIpc) is 3.57. The van der Waals surface area contributed by atoms with Gasteiger partial charge < -0.3 is 19.2 Å². The van der Waals surface area contributed by atoms with Gasteiger partial charge in [-0.15, -0.1) is 21.5 Å². The fourth-order valence-electron chi connectivity index (χ4n) is 3.70. The number of nitrogens with one attached hydrogen (secondary N) is 1. The summed E-state index contributed by atoms with van der Waals surface area (Å²) in [5.41, 5.74) is 3.15. The van der Waals surface area contributed by atoms with Crippen LogP contribution in [0.5, 0.6) is 0 Å². The lowest BCUT2D eigenvalue weighted by atomic mass is 10.0. The highest BCUT2D eigenvalue weighted by molar-refractivity contribution is 7.99. The molecule has 1 amide bonds. The first-order valence-electron chi connectivity index (χ1n) is 11.3. The number of amides is 1. The van der Waals surface area contributed by atoms with E-state index in [9.17, 15) is 9.59 Å². The van der Waals surface area contributed by atoms with Crippen LogP contribution in [0, 0.1) is 0 Å². The monoisotopic (exact) mass is 509 g/mol. The molecule has 4 rings (SSSR count). The molecule has 10 heteroatoms. The van der Waals surface area contributed by atoms with Crippen LogP contribution in [0.4, 0.5) is 5.00 Å². The lowest BCUT2D eigenvalue weighted by Crippen LogP contribution is -2.17. The van der Waals surface area contributed by atoms with Gasteiger partial charge in [0.1, 0.15) is 16.4 Å². The predicted molar refractivity (Wildman–Crippen MR) is 139 cm³/mol. The molecule has 0 aliphatic carbocycles. The molecule has 182 valence electrons. The quantitative estimate of drug-likeness (QED) is 0.242. The van der Waals surface area contributed by atoms with Gasteiger partial charge in [0.25, 0.3) is 0 Å². The zero-order valence-corrected chi connectivity index (χ0v) is 21.5. The van der Waals surface area contributed by atoms with Gasteiger partial charge >= 0.3 is 5.97 Å². The van der Waals surface area contributed by atoms with Gasteiger partial charge in [0, 0.05) is 42.8 Å². The topological polar surface area (TPSA) is 91.0 Å². The number of benzene rings is 1. The van der Waals surface area contributed by atoms with E-state index < -0.39 is 5.97 Å². The Labute approximate surface area is 212 Å². The van der Waals surface area contributed by atoms with Crippen molar-refractivity contribution in [2.24, 2.45) is 7.05 Å². The highest BCUT2D eigenvalue weighted by Gasteiger charge is 2.23. The zero-order chi connectivity index (χ0) is 24.8. The third-order valence-electron chi connectivity index (χ3n) is 5.44. The van der Waals surface area contributed by atoms with E-state index in [2.05, 4.69) is 26.1 Å². The van der Waals surface area contributed by atoms with Crippen molar-refractivity contribution in [3.05, 3.63) is 71.1 Å². The second-order valence-electron chi connectivity index (χ2n) is 7.71. The van der Waals surface area contributed by atoms with Crippen molar-refractivity contribution in [2.75, 3.05) is 17.7 Å². The van der Waals surface area contributed by atoms with Crippen LogP contribution in [0.15, 0.2) is 59.2 Å². The third-order valence-corrected chi connectivity index (χ3v) is 7.30. The van der Waals surface area contributed by atoms with Crippen molar-refractivity contribution >= 4 is 40.0 Å². The molecule has 0 aliphatic heterocycles. The van der Waals surface area contributed by atoms with E-state index in [4.69, 9.17) is 4.74 Å². The number of anilines is 1. The normalized spacial score (nSPS) is 10.9. The van der Waals surface area contributed by atoms with Crippen LogP contribution < -0.4 is 5.32 Å². The van der Waals surface area contributed by atoms with Crippen LogP contribution in [0.1, 0.15) is 35.7 Å². The van der Waals surface area contributed by atoms with Gasteiger partial charge in [0.2, 0.25) is 5.91 Å². The summed E-state index contributed by atoms with van der Waals surface area (Å²) in [6.45, 7) is 4.75. The zero-order valence-electron chi connectivity index (χ0n) is 19.9. The summed E-state index contributed by atoms with van der Waals surface area (Å²) in [6, 6.07) is 13.6. The van der Waals surface area contributed by atoms with Gasteiger partial charge in [-0.05, 0) is 31.5 Å². The van der Waals surface area contributed by atoms with E-state index >= 15 is 0 Å². The van der Waals surface area contributed by atoms with Gasteiger partial charge in [0.15, 0.2) is 5.16 Å². The number of hydrogen-bond acceptors (Lipinski definition) is 7. The number of nitrogens with zero attached hydrogens (tertiary/aromatic N) is 4. The summed E-state index contributed by atoms with van der Waals surface area (Å²) in [4.78, 5) is 25.6. The molecule has 0 atom stereocenters. The molecular formula is C25H27N5O3S2. The molecule has 0 saturated heterocycles. The highest BCUT2D eigenvalue weighted by Crippen LogP contribution is 2.36. The van der Waals surface area contributed by atoms with Crippen LogP contribution in [-0.2, 0) is 29.5 Å². The number of aryl methyl sites for hydroxylation is 1. The Kier molecular flexibility index (Phi) is 8.04. The Bertz CT molecular complexity index is 1310. The first-order valence-corrected chi connectivity index (χ1v) is 13.2. The summed E-state index contributed by atoms with van der Waals surface area (Å²) in [7, 11) is 2.00. The smallest absolute Gasteiger partial charge is 0.341 e. The number of thiophene rings is 1. The number of hydrogen-bond donors (Lipinski definition) is 1. The lowest BCUT2D eigenvalue weighted by Gasteiger charge is -2.09. The highest BCUT2D eigenvalue weighted by atomic mass is 32.2. The van der Waals surface area contributed by atoms with Crippen molar-refractivity contribution in [1.82, 2.24) is 19.3 Å². The van der Waals surface area contributed by atoms with E-state index in [-0.39, 0.29) is 18.3 Å². The number of carbonyl (C=O) groups is 2. The molecule has 4 aromatic rings. The summed E-state index contributed by atoms with van der Waals surface area (Å²) in [6.07, 6.45) is 2.66. The van der Waals surface area contributed by atoms with Crippen LogP contribution in [-0.4, -0.2) is 43.6 Å². The van der Waals surface area contributed by atoms with E-state index in [0.29, 0.717) is 28.7 Å². The molecule has 0 bridgehead atoms. The number of rotatable bonds is 10. The van der Waals surface area contributed by atoms with Crippen LogP contribution in [0.2, 0.25) is 0 Å². The number of carbonyl (C=O) groups excluding carboxylic acids is 2. The molecule has 0 unspecified atom stereocenters. The van der Waals surface area contributed by atoms with E-state index in [1.54, 1.807) is 6.92 Å². The Morgan fingerprint density at radius 2 is 1.91 bits per heavy atom. The number of aromatic nitrogens is 4. The summed E-state index contributed by atoms with van der Waals surface area (Å²) in [5, 5.41) is 14.6. The first-order chi connectivity index (χ1) is 17.0. The molecule has 0 aliphatic rings. The standard InChI is InChI=1S/C25H27N5O3S2/c1-4-30-20(14-18-12-9-13-29(18)3)27-28-25(30)35-16-21(31)26-23-22(24(32)33-5-2)19(15-34-23)17-10-7-6-8-11-17/h6-13,15H,4-5,14,16H2,1-3H3,(H,26,31). The minimum Gasteiger partial charge on any atom is -0.462 e. The summed E-state index contributed by atoms with van der Waals surface area (Å²) < 4.78 is 9.35. The van der Waals surface area contributed by atoms with Gasteiger partial charge in [-0.2, -0.15) is 0 Å². The van der Waals surface area contributed by atoms with Crippen molar-refractivity contribution in [1.29, 1.82) is 0 Å². The molecule has 0 fully saturated rings. The van der Waals surface area contributed by atoms with Crippen LogP contribution in [0.25, 0.3) is 11.1 Å². The molecule has 1 N–H and O–H groups in total. The Morgan fingerprint density at radius 1 is 1.11 bits per heavy atom. The maximum absolute atomic E-state index is 12.8. The van der Waals surface area contributed by atoms with E-state index in [1.165, 1.54) is 23.1 Å². The SMILES string of the molecule is CCOC(=O)c1c(-c2ccccc2)csc1NC(=O)CSc1nnc(Cc2cccn2C)n1CC. The second kappa shape index (κ2) is 11.4. The number of esters is 1. The molecule has 3 heterocycles. The van der Waals surface area contributed by atoms with Crippen LogP contribution >= 0.6 is 23.1 Å². The minimum absolute atomic E-state index is 0.142. The second-order valence-corrected chi connectivity index (χ2v) is 9.53. The first kappa shape index (κ1) is 24.7. The molecule has 3 aromatic heterocycles. The van der Waals surface area contributed by atoms with Crippen molar-refractivity contribution in [2.45, 2.75) is 32.0 Å². The van der Waals surface area contributed by atoms with E-state index in [1.807, 2.05) is 66.5 Å². The molecule has 35 heavy (non-hydrogen) atoms. The lowest BCUT2D eigenvalue weighted by molar-refractivity contribution is -0.113. The third kappa shape index (κ3) is 5.66. The summed E-state index contributed by atoms with van der Waals surface area (Å²) >= 11 is 2.64. The average molecular weight is 510 g/mol. The maximum atomic E-state index is 12.8. The van der Waals surface area contributed by atoms with Gasteiger partial charge in [0.05, 0.1) is 12.4 Å². The molecule has 0 spiro atoms. The van der Waals surface area contributed by atoms with Gasteiger partial charge in [-0.3, -0.25) is 4.79 Å². The summed E-state index contributed by atoms with van der Waals surface area (Å²) in [5.74, 6) is 0.319. The van der Waals surface area contributed by atoms with Gasteiger partial charge in [-0.1, -0.05) is 42.1 Å². The number of thioether (sulfide) groups is 1. The van der Waals surface area contributed by atoms with Crippen molar-refractivity contribution in [3.63, 3.8) is 0 Å².